The van der Waals surface area contributed by atoms with E-state index in [1.54, 1.807) is 0 Å². The average molecular weight is 380 g/mol. The van der Waals surface area contributed by atoms with E-state index in [0.29, 0.717) is 13.1 Å². The minimum atomic E-state index is 0.161. The van der Waals surface area contributed by atoms with E-state index in [1.165, 1.54) is 5.56 Å². The molecule has 2 nitrogen and oxygen atoms in total. The SMILES string of the molecule is O=C1/C(=C\c2ccccc2)CN(CCc2ccccc2)C/C1=C\c1ccccc1. The molecular weight excluding hydrogens is 354 g/mol. The molecule has 3 aromatic carbocycles. The quantitative estimate of drug-likeness (QED) is 0.562. The van der Waals surface area contributed by atoms with Crippen LogP contribution in [0.1, 0.15) is 16.7 Å². The summed E-state index contributed by atoms with van der Waals surface area (Å²) in [6.07, 6.45) is 5.05. The fraction of sp³-hybridized carbons (Fsp3) is 0.148. The summed E-state index contributed by atoms with van der Waals surface area (Å²) >= 11 is 0. The number of carbonyl (C=O) groups excluding carboxylic acids is 1. The first-order valence-corrected chi connectivity index (χ1v) is 10.1. The average Bonchev–Trinajstić information content (AvgIpc) is 2.77. The number of hydrogen-bond donors (Lipinski definition) is 0. The maximum absolute atomic E-state index is 13.2. The van der Waals surface area contributed by atoms with Crippen LogP contribution in [-0.4, -0.2) is 30.3 Å². The second kappa shape index (κ2) is 9.31. The molecule has 0 bridgehead atoms. The van der Waals surface area contributed by atoms with Crippen molar-refractivity contribution in [3.63, 3.8) is 0 Å². The lowest BCUT2D eigenvalue weighted by Gasteiger charge is -2.30. The van der Waals surface area contributed by atoms with Gasteiger partial charge < -0.3 is 0 Å². The van der Waals surface area contributed by atoms with Crippen molar-refractivity contribution in [3.8, 4) is 0 Å². The van der Waals surface area contributed by atoms with Crippen LogP contribution in [0.3, 0.4) is 0 Å². The molecule has 1 aliphatic heterocycles. The molecule has 144 valence electrons. The Kier molecular flexibility index (Phi) is 6.13. The molecule has 0 N–H and O–H groups in total. The molecule has 1 heterocycles. The summed E-state index contributed by atoms with van der Waals surface area (Å²) in [5.74, 6) is 0.161. The van der Waals surface area contributed by atoms with Crippen molar-refractivity contribution >= 4 is 17.9 Å². The van der Waals surface area contributed by atoms with Gasteiger partial charge in [-0.05, 0) is 35.3 Å². The minimum absolute atomic E-state index is 0.161. The van der Waals surface area contributed by atoms with Gasteiger partial charge >= 0.3 is 0 Å². The molecule has 2 heteroatoms. The number of benzene rings is 3. The third-order valence-electron chi connectivity index (χ3n) is 5.21. The van der Waals surface area contributed by atoms with Crippen LogP contribution < -0.4 is 0 Å². The number of piperidine rings is 1. The Morgan fingerprint density at radius 3 is 1.59 bits per heavy atom. The normalized spacial score (nSPS) is 17.7. The third kappa shape index (κ3) is 5.18. The number of hydrogen-bond acceptors (Lipinski definition) is 2. The molecule has 0 atom stereocenters. The van der Waals surface area contributed by atoms with Gasteiger partial charge in [0.15, 0.2) is 5.78 Å². The van der Waals surface area contributed by atoms with Crippen LogP contribution >= 0.6 is 0 Å². The Morgan fingerprint density at radius 2 is 1.10 bits per heavy atom. The molecule has 0 saturated carbocycles. The predicted molar refractivity (Wildman–Crippen MR) is 120 cm³/mol. The van der Waals surface area contributed by atoms with Crippen LogP contribution in [0.2, 0.25) is 0 Å². The molecular formula is C27H25NO. The zero-order chi connectivity index (χ0) is 19.9. The van der Waals surface area contributed by atoms with Crippen molar-refractivity contribution in [2.24, 2.45) is 0 Å². The second-order valence-electron chi connectivity index (χ2n) is 7.44. The van der Waals surface area contributed by atoms with Gasteiger partial charge in [0.1, 0.15) is 0 Å². The third-order valence-corrected chi connectivity index (χ3v) is 5.21. The zero-order valence-electron chi connectivity index (χ0n) is 16.5. The highest BCUT2D eigenvalue weighted by Crippen LogP contribution is 2.22. The highest BCUT2D eigenvalue weighted by molar-refractivity contribution is 6.14. The molecule has 29 heavy (non-hydrogen) atoms. The molecule has 1 aliphatic rings. The molecule has 0 amide bonds. The molecule has 3 aromatic rings. The molecule has 4 rings (SSSR count). The van der Waals surface area contributed by atoms with Gasteiger partial charge in [-0.2, -0.15) is 0 Å². The number of ketones is 1. The number of nitrogens with zero attached hydrogens (tertiary/aromatic N) is 1. The van der Waals surface area contributed by atoms with Crippen LogP contribution in [-0.2, 0) is 11.2 Å². The van der Waals surface area contributed by atoms with Gasteiger partial charge in [-0.15, -0.1) is 0 Å². The van der Waals surface area contributed by atoms with Crippen molar-refractivity contribution in [2.45, 2.75) is 6.42 Å². The lowest BCUT2D eigenvalue weighted by molar-refractivity contribution is -0.113. The van der Waals surface area contributed by atoms with Crippen molar-refractivity contribution < 1.29 is 4.79 Å². The van der Waals surface area contributed by atoms with E-state index in [2.05, 4.69) is 29.2 Å². The first-order chi connectivity index (χ1) is 14.3. The maximum atomic E-state index is 13.2. The Morgan fingerprint density at radius 1 is 0.655 bits per heavy atom. The highest BCUT2D eigenvalue weighted by Gasteiger charge is 2.25. The summed E-state index contributed by atoms with van der Waals surface area (Å²) in [5, 5.41) is 0. The van der Waals surface area contributed by atoms with E-state index in [0.717, 1.165) is 35.2 Å². The van der Waals surface area contributed by atoms with Crippen LogP contribution in [0, 0.1) is 0 Å². The summed E-state index contributed by atoms with van der Waals surface area (Å²) in [6.45, 7) is 2.30. The monoisotopic (exact) mass is 379 g/mol. The molecule has 1 fully saturated rings. The molecule has 0 radical (unpaired) electrons. The molecule has 0 aliphatic carbocycles. The summed E-state index contributed by atoms with van der Waals surface area (Å²) in [6, 6.07) is 30.7. The van der Waals surface area contributed by atoms with Gasteiger partial charge in [0.05, 0.1) is 0 Å². The smallest absolute Gasteiger partial charge is 0.187 e. The van der Waals surface area contributed by atoms with Crippen LogP contribution in [0.15, 0.2) is 102 Å². The van der Waals surface area contributed by atoms with E-state index in [1.807, 2.05) is 78.9 Å². The van der Waals surface area contributed by atoms with Crippen LogP contribution in [0.25, 0.3) is 12.2 Å². The first-order valence-electron chi connectivity index (χ1n) is 10.1. The number of rotatable bonds is 5. The fourth-order valence-corrected chi connectivity index (χ4v) is 3.70. The zero-order valence-corrected chi connectivity index (χ0v) is 16.5. The standard InChI is InChI=1S/C27H25NO/c29-27-25(18-23-12-6-2-7-13-23)20-28(17-16-22-10-4-1-5-11-22)21-26(27)19-24-14-8-3-9-15-24/h1-15,18-19H,16-17,20-21H2/b25-18-,26-19+. The number of Topliss-reactive ketones (excluding diaryl/α,β-unsaturated/α-hetero) is 1. The Balaban J connectivity index is 1.60. The van der Waals surface area contributed by atoms with Crippen LogP contribution in [0.5, 0.6) is 0 Å². The highest BCUT2D eigenvalue weighted by atomic mass is 16.1. The number of carbonyl (C=O) groups is 1. The van der Waals surface area contributed by atoms with E-state index in [-0.39, 0.29) is 5.78 Å². The van der Waals surface area contributed by atoms with Gasteiger partial charge in [-0.25, -0.2) is 0 Å². The van der Waals surface area contributed by atoms with E-state index < -0.39 is 0 Å². The molecule has 0 spiro atoms. The maximum Gasteiger partial charge on any atom is 0.187 e. The van der Waals surface area contributed by atoms with Crippen molar-refractivity contribution in [2.75, 3.05) is 19.6 Å². The van der Waals surface area contributed by atoms with E-state index >= 15 is 0 Å². The second-order valence-corrected chi connectivity index (χ2v) is 7.44. The van der Waals surface area contributed by atoms with Gasteiger partial charge in [0.2, 0.25) is 0 Å². The van der Waals surface area contributed by atoms with Crippen LogP contribution in [0.4, 0.5) is 0 Å². The summed E-state index contributed by atoms with van der Waals surface area (Å²) in [5.41, 5.74) is 5.18. The van der Waals surface area contributed by atoms with Gasteiger partial charge in [0.25, 0.3) is 0 Å². The number of likely N-dealkylation sites (tertiary alicyclic amines) is 1. The summed E-state index contributed by atoms with van der Waals surface area (Å²) < 4.78 is 0. The lowest BCUT2D eigenvalue weighted by atomic mass is 9.94. The Hall–Kier alpha value is -3.23. The molecule has 0 aromatic heterocycles. The van der Waals surface area contributed by atoms with Crippen molar-refractivity contribution in [3.05, 3.63) is 119 Å². The Labute approximate surface area is 172 Å². The van der Waals surface area contributed by atoms with Gasteiger partial charge in [-0.1, -0.05) is 91.0 Å². The fourth-order valence-electron chi connectivity index (χ4n) is 3.70. The summed E-state index contributed by atoms with van der Waals surface area (Å²) in [7, 11) is 0. The minimum Gasteiger partial charge on any atom is -0.294 e. The van der Waals surface area contributed by atoms with Crippen molar-refractivity contribution in [1.29, 1.82) is 0 Å². The molecule has 0 unspecified atom stereocenters. The van der Waals surface area contributed by atoms with Gasteiger partial charge in [-0.3, -0.25) is 9.69 Å². The lowest BCUT2D eigenvalue weighted by Crippen LogP contribution is -2.38. The predicted octanol–water partition coefficient (Wildman–Crippen LogP) is 5.28. The topological polar surface area (TPSA) is 20.3 Å². The Bertz CT molecular complexity index is 943. The first kappa shape index (κ1) is 19.1. The summed E-state index contributed by atoms with van der Waals surface area (Å²) in [4.78, 5) is 15.6. The van der Waals surface area contributed by atoms with E-state index in [9.17, 15) is 4.79 Å². The largest absolute Gasteiger partial charge is 0.294 e. The van der Waals surface area contributed by atoms with E-state index in [4.69, 9.17) is 0 Å². The van der Waals surface area contributed by atoms with Crippen molar-refractivity contribution in [1.82, 2.24) is 4.90 Å². The van der Waals surface area contributed by atoms with Gasteiger partial charge in [0, 0.05) is 30.8 Å². The molecule has 1 saturated heterocycles.